The number of imidazole rings is 1. The Balaban J connectivity index is 1.96. The molecule has 0 spiro atoms. The van der Waals surface area contributed by atoms with Gasteiger partial charge in [0.15, 0.2) is 0 Å². The van der Waals surface area contributed by atoms with Gasteiger partial charge < -0.3 is 14.7 Å². The molecule has 0 amide bonds. The second-order valence-corrected chi connectivity index (χ2v) is 7.82. The minimum atomic E-state index is -4.07. The lowest BCUT2D eigenvalue weighted by atomic mass is 10.1. The van der Waals surface area contributed by atoms with Gasteiger partial charge in [-0.1, -0.05) is 30.3 Å². The van der Waals surface area contributed by atoms with Crippen molar-refractivity contribution in [2.75, 3.05) is 12.3 Å². The van der Waals surface area contributed by atoms with E-state index in [1.54, 1.807) is 6.20 Å². The Morgan fingerprint density at radius 3 is 2.60 bits per heavy atom. The topological polar surface area (TPSA) is 95.6 Å². The minimum absolute atomic E-state index is 0.0563. The SMILES string of the molecule is O=P(O)(O)CCP(O)n1cnc(Cc2ccccc2)c1. The van der Waals surface area contributed by atoms with Crippen molar-refractivity contribution in [3.05, 3.63) is 54.1 Å². The van der Waals surface area contributed by atoms with Crippen LogP contribution in [0.4, 0.5) is 0 Å². The summed E-state index contributed by atoms with van der Waals surface area (Å²) in [6.45, 7) is 0. The van der Waals surface area contributed by atoms with E-state index < -0.39 is 15.9 Å². The maximum Gasteiger partial charge on any atom is 0.326 e. The summed E-state index contributed by atoms with van der Waals surface area (Å²) in [5.41, 5.74) is 1.93. The monoisotopic (exact) mass is 314 g/mol. The number of hydrogen-bond acceptors (Lipinski definition) is 3. The van der Waals surface area contributed by atoms with E-state index in [4.69, 9.17) is 9.79 Å². The first-order valence-corrected chi connectivity index (χ1v) is 9.25. The lowest BCUT2D eigenvalue weighted by Crippen LogP contribution is -1.98. The molecule has 1 aromatic carbocycles. The molecule has 0 aliphatic heterocycles. The smallest absolute Gasteiger partial charge is 0.326 e. The van der Waals surface area contributed by atoms with Crippen LogP contribution in [-0.4, -0.2) is 36.3 Å². The van der Waals surface area contributed by atoms with Crippen LogP contribution in [0.25, 0.3) is 0 Å². The van der Waals surface area contributed by atoms with Crippen LogP contribution in [0.1, 0.15) is 11.3 Å². The molecule has 1 atom stereocenters. The first kappa shape index (κ1) is 15.4. The number of nitrogens with zero attached hydrogens (tertiary/aromatic N) is 2. The van der Waals surface area contributed by atoms with Crippen LogP contribution in [0.2, 0.25) is 0 Å². The summed E-state index contributed by atoms with van der Waals surface area (Å²) in [6, 6.07) is 9.83. The highest BCUT2D eigenvalue weighted by molar-refractivity contribution is 7.55. The van der Waals surface area contributed by atoms with Crippen molar-refractivity contribution in [2.24, 2.45) is 0 Å². The van der Waals surface area contributed by atoms with Crippen LogP contribution in [0.5, 0.6) is 0 Å². The highest BCUT2D eigenvalue weighted by Crippen LogP contribution is 2.41. The van der Waals surface area contributed by atoms with Gasteiger partial charge in [0, 0.05) is 18.8 Å². The van der Waals surface area contributed by atoms with Crippen LogP contribution < -0.4 is 0 Å². The zero-order valence-electron chi connectivity index (χ0n) is 10.7. The van der Waals surface area contributed by atoms with Crippen LogP contribution >= 0.6 is 15.9 Å². The Morgan fingerprint density at radius 1 is 1.25 bits per heavy atom. The van der Waals surface area contributed by atoms with E-state index >= 15 is 0 Å². The highest BCUT2D eigenvalue weighted by Gasteiger charge is 2.17. The number of aromatic nitrogens is 2. The average molecular weight is 314 g/mol. The summed E-state index contributed by atoms with van der Waals surface area (Å²) in [5.74, 6) is 0. The number of hydrogen-bond donors (Lipinski definition) is 3. The maximum absolute atomic E-state index is 10.8. The van der Waals surface area contributed by atoms with Gasteiger partial charge in [-0.05, 0) is 5.56 Å². The third-order valence-corrected chi connectivity index (χ3v) is 5.24. The molecule has 2 aromatic rings. The molecule has 20 heavy (non-hydrogen) atoms. The summed E-state index contributed by atoms with van der Waals surface area (Å²) in [5, 5.41) is 0. The van der Waals surface area contributed by atoms with E-state index in [1.165, 1.54) is 10.7 Å². The van der Waals surface area contributed by atoms with E-state index in [0.29, 0.717) is 6.42 Å². The van der Waals surface area contributed by atoms with Crippen molar-refractivity contribution in [2.45, 2.75) is 6.42 Å². The third-order valence-electron chi connectivity index (χ3n) is 2.71. The van der Waals surface area contributed by atoms with Gasteiger partial charge >= 0.3 is 7.60 Å². The van der Waals surface area contributed by atoms with Gasteiger partial charge in [0.1, 0.15) is 8.30 Å². The van der Waals surface area contributed by atoms with Crippen molar-refractivity contribution in [3.63, 3.8) is 0 Å². The van der Waals surface area contributed by atoms with Crippen LogP contribution in [0, 0.1) is 0 Å². The van der Waals surface area contributed by atoms with E-state index in [-0.39, 0.29) is 12.3 Å². The molecule has 0 saturated heterocycles. The van der Waals surface area contributed by atoms with Crippen molar-refractivity contribution >= 4 is 15.9 Å². The maximum atomic E-state index is 10.8. The first-order valence-electron chi connectivity index (χ1n) is 6.02. The Labute approximate surface area is 118 Å². The molecule has 0 radical (unpaired) electrons. The molecule has 0 aliphatic rings. The fraction of sp³-hybridized carbons (Fsp3) is 0.250. The number of benzene rings is 1. The summed E-state index contributed by atoms with van der Waals surface area (Å²) in [6.07, 6.45) is 3.62. The van der Waals surface area contributed by atoms with Gasteiger partial charge in [-0.25, -0.2) is 4.98 Å². The van der Waals surface area contributed by atoms with Gasteiger partial charge in [-0.15, -0.1) is 0 Å². The zero-order valence-corrected chi connectivity index (χ0v) is 12.5. The van der Waals surface area contributed by atoms with Gasteiger partial charge in [-0.3, -0.25) is 8.90 Å². The fourth-order valence-electron chi connectivity index (χ4n) is 1.71. The van der Waals surface area contributed by atoms with Crippen molar-refractivity contribution < 1.29 is 19.2 Å². The summed E-state index contributed by atoms with van der Waals surface area (Å²) < 4.78 is 12.3. The molecule has 108 valence electrons. The van der Waals surface area contributed by atoms with Crippen LogP contribution in [0.15, 0.2) is 42.9 Å². The highest BCUT2D eigenvalue weighted by atomic mass is 31.2. The van der Waals surface area contributed by atoms with E-state index in [0.717, 1.165) is 11.3 Å². The van der Waals surface area contributed by atoms with Gasteiger partial charge in [0.25, 0.3) is 0 Å². The Morgan fingerprint density at radius 2 is 1.95 bits per heavy atom. The Bertz CT molecular complexity index is 597. The average Bonchev–Trinajstić information content (AvgIpc) is 2.85. The van der Waals surface area contributed by atoms with Gasteiger partial charge in [0.2, 0.25) is 0 Å². The molecule has 8 heteroatoms. The summed E-state index contributed by atoms with van der Waals surface area (Å²) in [7, 11) is -5.70. The van der Waals surface area contributed by atoms with Crippen molar-refractivity contribution in [1.82, 2.24) is 9.32 Å². The summed E-state index contributed by atoms with van der Waals surface area (Å²) in [4.78, 5) is 31.7. The molecule has 0 aliphatic carbocycles. The van der Waals surface area contributed by atoms with Crippen molar-refractivity contribution in [1.29, 1.82) is 0 Å². The van der Waals surface area contributed by atoms with Crippen molar-refractivity contribution in [3.8, 4) is 0 Å². The molecular weight excluding hydrogens is 298 g/mol. The Kier molecular flexibility index (Phi) is 5.08. The second-order valence-electron chi connectivity index (χ2n) is 4.39. The molecule has 1 heterocycles. The lowest BCUT2D eigenvalue weighted by Gasteiger charge is -2.11. The normalized spacial score (nSPS) is 13.3. The fourth-order valence-corrected chi connectivity index (χ4v) is 4.14. The zero-order chi connectivity index (χ0) is 14.6. The van der Waals surface area contributed by atoms with Gasteiger partial charge in [0.05, 0.1) is 18.2 Å². The Hall–Kier alpha value is -1.03. The molecular formula is C12H16N2O4P2. The molecule has 0 fully saturated rings. The first-order chi connectivity index (χ1) is 9.44. The predicted molar refractivity (Wildman–Crippen MR) is 77.8 cm³/mol. The molecule has 2 rings (SSSR count). The predicted octanol–water partition coefficient (Wildman–Crippen LogP) is 1.80. The van der Waals surface area contributed by atoms with E-state index in [2.05, 4.69) is 4.98 Å². The van der Waals surface area contributed by atoms with Gasteiger partial charge in [-0.2, -0.15) is 0 Å². The lowest BCUT2D eigenvalue weighted by molar-refractivity contribution is 0.374. The molecule has 0 saturated carbocycles. The largest absolute Gasteiger partial charge is 0.354 e. The molecule has 6 nitrogen and oxygen atoms in total. The summed E-state index contributed by atoms with van der Waals surface area (Å²) >= 11 is 0. The molecule has 3 N–H and O–H groups in total. The van der Waals surface area contributed by atoms with Crippen LogP contribution in [-0.2, 0) is 11.0 Å². The van der Waals surface area contributed by atoms with Crippen LogP contribution in [0.3, 0.4) is 0 Å². The molecule has 0 bridgehead atoms. The van der Waals surface area contributed by atoms with E-state index in [1.807, 2.05) is 30.3 Å². The third kappa shape index (κ3) is 4.82. The molecule has 1 aromatic heterocycles. The minimum Gasteiger partial charge on any atom is -0.354 e. The van der Waals surface area contributed by atoms with E-state index in [9.17, 15) is 9.46 Å². The second kappa shape index (κ2) is 6.61. The quantitative estimate of drug-likeness (QED) is 0.707. The number of rotatable bonds is 6. The standard InChI is InChI=1S/C12H16N2O4P2/c15-19(6-7-20(16,17)18)14-9-12(13-10-14)8-11-4-2-1-3-5-11/h1-5,9-10,15H,6-8H2,(H2,16,17,18). The molecule has 1 unspecified atom stereocenters.